The van der Waals surface area contributed by atoms with E-state index in [0.29, 0.717) is 13.0 Å². The highest BCUT2D eigenvalue weighted by atomic mass is 35.5. The molecule has 3 rings (SSSR count). The first-order chi connectivity index (χ1) is 7.74. The summed E-state index contributed by atoms with van der Waals surface area (Å²) in [5, 5.41) is 3.13. The first-order valence-electron chi connectivity index (χ1n) is 5.57. The number of aromatic nitrogens is 2. The molecule has 2 heterocycles. The number of nitrogens with one attached hydrogen (secondary N) is 2. The maximum absolute atomic E-state index is 13.1. The molecule has 0 spiro atoms. The summed E-state index contributed by atoms with van der Waals surface area (Å²) in [5.74, 6) is 0.851. The fourth-order valence-corrected chi connectivity index (χ4v) is 2.26. The number of H-pyrrole nitrogens is 1. The van der Waals surface area contributed by atoms with Gasteiger partial charge < -0.3 is 10.3 Å². The number of rotatable bonds is 1. The van der Waals surface area contributed by atoms with E-state index >= 15 is 0 Å². The summed E-state index contributed by atoms with van der Waals surface area (Å²) in [5.41, 5.74) is 3.16. The van der Waals surface area contributed by atoms with Gasteiger partial charge in [-0.05, 0) is 18.6 Å². The third-order valence-electron chi connectivity index (χ3n) is 3.14. The Morgan fingerprint density at radius 1 is 1.41 bits per heavy atom. The summed E-state index contributed by atoms with van der Waals surface area (Å²) in [6.45, 7) is 2.47. The van der Waals surface area contributed by atoms with Crippen LogP contribution >= 0.6 is 12.4 Å². The number of aryl methyl sites for hydroxylation is 1. The van der Waals surface area contributed by atoms with Crippen LogP contribution in [0, 0.1) is 6.92 Å². The van der Waals surface area contributed by atoms with Crippen LogP contribution in [0.25, 0.3) is 11.0 Å². The van der Waals surface area contributed by atoms with E-state index in [0.717, 1.165) is 22.4 Å². The zero-order valence-corrected chi connectivity index (χ0v) is 10.4. The van der Waals surface area contributed by atoms with Gasteiger partial charge in [0.1, 0.15) is 12.0 Å². The molecule has 0 saturated carbocycles. The van der Waals surface area contributed by atoms with Gasteiger partial charge in [0.05, 0.1) is 17.1 Å². The van der Waals surface area contributed by atoms with Crippen LogP contribution in [0.4, 0.5) is 4.39 Å². The van der Waals surface area contributed by atoms with Gasteiger partial charge in [0.2, 0.25) is 0 Å². The van der Waals surface area contributed by atoms with Crippen LogP contribution in [0.1, 0.15) is 23.9 Å². The van der Waals surface area contributed by atoms with Crippen molar-refractivity contribution in [2.75, 3.05) is 6.54 Å². The molecule has 0 amide bonds. The lowest BCUT2D eigenvalue weighted by atomic mass is 10.2. The molecule has 0 bridgehead atoms. The minimum absolute atomic E-state index is 0. The monoisotopic (exact) mass is 255 g/mol. The average molecular weight is 256 g/mol. The topological polar surface area (TPSA) is 40.7 Å². The van der Waals surface area contributed by atoms with Crippen LogP contribution in [-0.4, -0.2) is 22.7 Å². The number of para-hydroxylation sites is 1. The van der Waals surface area contributed by atoms with E-state index in [9.17, 15) is 4.39 Å². The molecule has 1 aromatic heterocycles. The molecule has 1 aromatic carbocycles. The number of fused-ring (bicyclic) bond motifs is 1. The standard InChI is InChI=1S/C12H14FN3.ClH/c1-7-3-2-4-9-11(7)16-12(15-9)10-5-8(13)6-14-10;/h2-4,8,10,14H,5-6H2,1H3,(H,15,16);1H/t8-,10-;/m0./s1. The Morgan fingerprint density at radius 2 is 2.24 bits per heavy atom. The molecule has 0 unspecified atom stereocenters. The van der Waals surface area contributed by atoms with E-state index in [2.05, 4.69) is 15.3 Å². The fraction of sp³-hybridized carbons (Fsp3) is 0.417. The van der Waals surface area contributed by atoms with Gasteiger partial charge in [0.25, 0.3) is 0 Å². The predicted octanol–water partition coefficient (Wildman–Crippen LogP) is 2.67. The predicted molar refractivity (Wildman–Crippen MR) is 68.3 cm³/mol. The van der Waals surface area contributed by atoms with Crippen molar-refractivity contribution in [3.63, 3.8) is 0 Å². The summed E-state index contributed by atoms with van der Waals surface area (Å²) < 4.78 is 13.1. The molecule has 2 atom stereocenters. The highest BCUT2D eigenvalue weighted by Gasteiger charge is 2.27. The number of benzene rings is 1. The molecule has 5 heteroatoms. The molecule has 1 aliphatic rings. The Kier molecular flexibility index (Phi) is 3.35. The van der Waals surface area contributed by atoms with Crippen molar-refractivity contribution >= 4 is 23.4 Å². The highest BCUT2D eigenvalue weighted by molar-refractivity contribution is 5.85. The lowest BCUT2D eigenvalue weighted by molar-refractivity contribution is 0.355. The first-order valence-corrected chi connectivity index (χ1v) is 5.57. The average Bonchev–Trinajstić information content (AvgIpc) is 2.84. The second-order valence-electron chi connectivity index (χ2n) is 4.39. The highest BCUT2D eigenvalue weighted by Crippen LogP contribution is 2.25. The van der Waals surface area contributed by atoms with Crippen molar-refractivity contribution in [2.24, 2.45) is 0 Å². The minimum Gasteiger partial charge on any atom is -0.341 e. The fourth-order valence-electron chi connectivity index (χ4n) is 2.26. The van der Waals surface area contributed by atoms with E-state index < -0.39 is 6.17 Å². The zero-order valence-electron chi connectivity index (χ0n) is 9.53. The second kappa shape index (κ2) is 4.63. The van der Waals surface area contributed by atoms with E-state index in [1.54, 1.807) is 0 Å². The van der Waals surface area contributed by atoms with E-state index in [1.165, 1.54) is 0 Å². The molecule has 2 aromatic rings. The van der Waals surface area contributed by atoms with Crippen LogP contribution in [0.5, 0.6) is 0 Å². The molecule has 1 saturated heterocycles. The minimum atomic E-state index is -0.751. The quantitative estimate of drug-likeness (QED) is 0.823. The summed E-state index contributed by atoms with van der Waals surface area (Å²) in [6, 6.07) is 6.06. The Hall–Kier alpha value is -1.13. The van der Waals surface area contributed by atoms with Gasteiger partial charge in [-0.25, -0.2) is 9.37 Å². The largest absolute Gasteiger partial charge is 0.341 e. The Bertz CT molecular complexity index is 525. The Balaban J connectivity index is 0.00000108. The third kappa shape index (κ3) is 2.15. The summed E-state index contributed by atoms with van der Waals surface area (Å²) in [6.07, 6.45) is -0.238. The van der Waals surface area contributed by atoms with E-state index in [-0.39, 0.29) is 18.4 Å². The summed E-state index contributed by atoms with van der Waals surface area (Å²) >= 11 is 0. The van der Waals surface area contributed by atoms with Crippen LogP contribution in [0.15, 0.2) is 18.2 Å². The molecule has 1 fully saturated rings. The van der Waals surface area contributed by atoms with Gasteiger partial charge >= 0.3 is 0 Å². The van der Waals surface area contributed by atoms with Crippen molar-refractivity contribution in [1.82, 2.24) is 15.3 Å². The maximum Gasteiger partial charge on any atom is 0.124 e. The molecule has 3 nitrogen and oxygen atoms in total. The van der Waals surface area contributed by atoms with Gasteiger partial charge in [0.15, 0.2) is 0 Å². The summed E-state index contributed by atoms with van der Waals surface area (Å²) in [7, 11) is 0. The first kappa shape index (κ1) is 12.3. The Morgan fingerprint density at radius 3 is 2.88 bits per heavy atom. The molecule has 0 aliphatic carbocycles. The third-order valence-corrected chi connectivity index (χ3v) is 3.14. The van der Waals surface area contributed by atoms with Crippen molar-refractivity contribution in [1.29, 1.82) is 0 Å². The van der Waals surface area contributed by atoms with Crippen LogP contribution in [-0.2, 0) is 0 Å². The normalized spacial score (nSPS) is 23.9. The molecule has 92 valence electrons. The van der Waals surface area contributed by atoms with Gasteiger partial charge in [-0.1, -0.05) is 12.1 Å². The van der Waals surface area contributed by atoms with Gasteiger partial charge in [-0.3, -0.25) is 0 Å². The molecule has 17 heavy (non-hydrogen) atoms. The number of imidazole rings is 1. The molecule has 0 radical (unpaired) electrons. The lowest BCUT2D eigenvalue weighted by Crippen LogP contribution is -2.14. The summed E-state index contributed by atoms with van der Waals surface area (Å²) in [4.78, 5) is 7.80. The van der Waals surface area contributed by atoms with Crippen molar-refractivity contribution in [2.45, 2.75) is 25.6 Å². The SMILES string of the molecule is Cc1cccc2[nH]c([C@@H]3C[C@H](F)CN3)nc12.Cl. The number of alkyl halides is 1. The van der Waals surface area contributed by atoms with Gasteiger partial charge in [-0.2, -0.15) is 0 Å². The number of nitrogens with zero attached hydrogens (tertiary/aromatic N) is 1. The second-order valence-corrected chi connectivity index (χ2v) is 4.39. The molecule has 1 aliphatic heterocycles. The molecular formula is C12H15ClFN3. The zero-order chi connectivity index (χ0) is 11.1. The van der Waals surface area contributed by atoms with Crippen LogP contribution < -0.4 is 5.32 Å². The van der Waals surface area contributed by atoms with E-state index in [4.69, 9.17) is 0 Å². The molecular weight excluding hydrogens is 241 g/mol. The maximum atomic E-state index is 13.1. The van der Waals surface area contributed by atoms with Crippen molar-refractivity contribution in [3.05, 3.63) is 29.6 Å². The lowest BCUT2D eigenvalue weighted by Gasteiger charge is -2.04. The van der Waals surface area contributed by atoms with Gasteiger partial charge in [0, 0.05) is 13.0 Å². The number of hydrogen-bond donors (Lipinski definition) is 2. The van der Waals surface area contributed by atoms with Gasteiger partial charge in [-0.15, -0.1) is 12.4 Å². The number of halogens is 2. The number of aromatic amines is 1. The van der Waals surface area contributed by atoms with Crippen molar-refractivity contribution < 1.29 is 4.39 Å². The van der Waals surface area contributed by atoms with Crippen LogP contribution in [0.3, 0.4) is 0 Å². The number of hydrogen-bond acceptors (Lipinski definition) is 2. The van der Waals surface area contributed by atoms with E-state index in [1.807, 2.05) is 25.1 Å². The van der Waals surface area contributed by atoms with Crippen LogP contribution in [0.2, 0.25) is 0 Å². The smallest absolute Gasteiger partial charge is 0.124 e. The molecule has 2 N–H and O–H groups in total. The Labute approximate surface area is 105 Å². The van der Waals surface area contributed by atoms with Crippen molar-refractivity contribution in [3.8, 4) is 0 Å².